The van der Waals surface area contributed by atoms with Crippen molar-refractivity contribution < 1.29 is 14.7 Å². The number of carbonyl (C=O) groups excluding carboxylic acids is 1. The van der Waals surface area contributed by atoms with E-state index in [4.69, 9.17) is 5.11 Å². The monoisotopic (exact) mass is 307 g/mol. The molecule has 21 heavy (non-hydrogen) atoms. The third-order valence-corrected chi connectivity index (χ3v) is 3.38. The van der Waals surface area contributed by atoms with Gasteiger partial charge in [0.05, 0.1) is 17.2 Å². The zero-order valence-corrected chi connectivity index (χ0v) is 11.8. The van der Waals surface area contributed by atoms with Crippen LogP contribution in [-0.4, -0.2) is 38.6 Å². The van der Waals surface area contributed by atoms with Crippen LogP contribution >= 0.6 is 11.3 Å². The van der Waals surface area contributed by atoms with Gasteiger partial charge < -0.3 is 15.7 Å². The molecule has 0 aliphatic heterocycles. The number of hydrogen-bond donors (Lipinski definition) is 3. The molecule has 0 radical (unpaired) electrons. The number of nitrogens with one attached hydrogen (secondary N) is 2. The highest BCUT2D eigenvalue weighted by molar-refractivity contribution is 7.09. The van der Waals surface area contributed by atoms with E-state index < -0.39 is 5.97 Å². The van der Waals surface area contributed by atoms with Gasteiger partial charge in [-0.05, 0) is 6.07 Å². The van der Waals surface area contributed by atoms with Gasteiger partial charge >= 0.3 is 12.0 Å². The van der Waals surface area contributed by atoms with Crippen LogP contribution in [0, 0.1) is 0 Å². The minimum atomic E-state index is -1.05. The molecular formula is C12H13N5O3S. The van der Waals surface area contributed by atoms with Gasteiger partial charge in [0.25, 0.3) is 0 Å². The zero-order chi connectivity index (χ0) is 15.1. The van der Waals surface area contributed by atoms with Gasteiger partial charge in [-0.15, -0.1) is 11.3 Å². The highest BCUT2D eigenvalue weighted by Gasteiger charge is 2.08. The molecular weight excluding hydrogens is 294 g/mol. The summed E-state index contributed by atoms with van der Waals surface area (Å²) in [5.74, 6) is -1.05. The minimum absolute atomic E-state index is 0.0308. The number of carboxylic acid groups (broad SMARTS) is 1. The van der Waals surface area contributed by atoms with Gasteiger partial charge in [0, 0.05) is 24.5 Å². The molecule has 0 fully saturated rings. The molecule has 3 N–H and O–H groups in total. The number of rotatable bonds is 6. The highest BCUT2D eigenvalue weighted by Crippen LogP contribution is 2.09. The first kappa shape index (κ1) is 14.9. The predicted molar refractivity (Wildman–Crippen MR) is 75.0 cm³/mol. The van der Waals surface area contributed by atoms with Crippen molar-refractivity contribution in [2.45, 2.75) is 13.0 Å². The molecule has 2 aromatic rings. The lowest BCUT2D eigenvalue weighted by molar-refractivity contribution is 0.0691. The van der Waals surface area contributed by atoms with Gasteiger partial charge in [-0.1, -0.05) is 0 Å². The molecule has 8 nitrogen and oxygen atoms in total. The smallest absolute Gasteiger partial charge is 0.355 e. The van der Waals surface area contributed by atoms with E-state index in [-0.39, 0.29) is 11.7 Å². The molecule has 2 heterocycles. The second kappa shape index (κ2) is 7.29. The Morgan fingerprint density at radius 3 is 2.86 bits per heavy atom. The van der Waals surface area contributed by atoms with E-state index in [2.05, 4.69) is 25.6 Å². The second-order valence-corrected chi connectivity index (χ2v) is 4.93. The van der Waals surface area contributed by atoms with Crippen LogP contribution in [0.2, 0.25) is 0 Å². The Bertz CT molecular complexity index is 616. The van der Waals surface area contributed by atoms with Crippen LogP contribution in [0.25, 0.3) is 0 Å². The van der Waals surface area contributed by atoms with E-state index in [0.717, 1.165) is 0 Å². The fourth-order valence-corrected chi connectivity index (χ4v) is 2.24. The second-order valence-electron chi connectivity index (χ2n) is 3.99. The van der Waals surface area contributed by atoms with Crippen LogP contribution in [0.4, 0.5) is 4.79 Å². The van der Waals surface area contributed by atoms with Crippen LogP contribution in [0.1, 0.15) is 21.2 Å². The number of aromatic carboxylic acids is 1. The Hall–Kier alpha value is -2.55. The van der Waals surface area contributed by atoms with Crippen LogP contribution in [0.15, 0.2) is 24.0 Å². The third kappa shape index (κ3) is 4.80. The summed E-state index contributed by atoms with van der Waals surface area (Å²) >= 11 is 1.26. The standard InChI is InChI=1S/C12H13N5O3S/c18-11(19)9-6-21-10(17-9)2-4-14-12(20)15-5-8-1-3-13-7-16-8/h1,3,6-7H,2,4-5H2,(H,18,19)(H2,14,15,20). The number of amides is 2. The van der Waals surface area contributed by atoms with Crippen LogP contribution in [0.3, 0.4) is 0 Å². The zero-order valence-electron chi connectivity index (χ0n) is 10.9. The first-order valence-electron chi connectivity index (χ1n) is 6.09. The molecule has 2 rings (SSSR count). The first-order valence-corrected chi connectivity index (χ1v) is 6.97. The van der Waals surface area contributed by atoms with Gasteiger partial charge in [0.1, 0.15) is 6.33 Å². The average Bonchev–Trinajstić information content (AvgIpc) is 2.95. The van der Waals surface area contributed by atoms with Gasteiger partial charge in [-0.25, -0.2) is 24.5 Å². The lowest BCUT2D eigenvalue weighted by Crippen LogP contribution is -2.36. The first-order chi connectivity index (χ1) is 10.1. The molecule has 9 heteroatoms. The van der Waals surface area contributed by atoms with Crippen molar-refractivity contribution in [3.8, 4) is 0 Å². The van der Waals surface area contributed by atoms with Crippen molar-refractivity contribution in [3.63, 3.8) is 0 Å². The molecule has 2 amide bonds. The van der Waals surface area contributed by atoms with Gasteiger partial charge in [-0.2, -0.15) is 0 Å². The van der Waals surface area contributed by atoms with Crippen LogP contribution < -0.4 is 10.6 Å². The molecule has 0 saturated carbocycles. The predicted octanol–water partition coefficient (Wildman–Crippen LogP) is 0.673. The highest BCUT2D eigenvalue weighted by atomic mass is 32.1. The van der Waals surface area contributed by atoms with Crippen molar-refractivity contribution in [1.29, 1.82) is 0 Å². The SMILES string of the molecule is O=C(NCCc1nc(C(=O)O)cs1)NCc1ccncn1. The van der Waals surface area contributed by atoms with E-state index in [9.17, 15) is 9.59 Å². The maximum atomic E-state index is 11.5. The average molecular weight is 307 g/mol. The summed E-state index contributed by atoms with van der Waals surface area (Å²) in [6, 6.07) is 1.40. The molecule has 0 atom stereocenters. The number of urea groups is 1. The van der Waals surface area contributed by atoms with Crippen molar-refractivity contribution in [1.82, 2.24) is 25.6 Å². The number of carbonyl (C=O) groups is 2. The van der Waals surface area contributed by atoms with Crippen molar-refractivity contribution in [2.24, 2.45) is 0 Å². The summed E-state index contributed by atoms with van der Waals surface area (Å²) in [6.07, 6.45) is 3.50. The Balaban J connectivity index is 1.68. The Kier molecular flexibility index (Phi) is 5.16. The third-order valence-electron chi connectivity index (χ3n) is 2.47. The van der Waals surface area contributed by atoms with Gasteiger partial charge in [0.2, 0.25) is 0 Å². The molecule has 0 unspecified atom stereocenters. The quantitative estimate of drug-likeness (QED) is 0.722. The van der Waals surface area contributed by atoms with Gasteiger partial charge in [0.15, 0.2) is 5.69 Å². The lowest BCUT2D eigenvalue weighted by atomic mass is 10.4. The summed E-state index contributed by atoms with van der Waals surface area (Å²) in [7, 11) is 0. The molecule has 110 valence electrons. The Morgan fingerprint density at radius 1 is 1.33 bits per heavy atom. The van der Waals surface area contributed by atoms with E-state index >= 15 is 0 Å². The van der Waals surface area contributed by atoms with Crippen LogP contribution in [-0.2, 0) is 13.0 Å². The fourth-order valence-electron chi connectivity index (χ4n) is 1.46. The van der Waals surface area contributed by atoms with Gasteiger partial charge in [-0.3, -0.25) is 0 Å². The van der Waals surface area contributed by atoms with Crippen molar-refractivity contribution >= 4 is 23.3 Å². The maximum absolute atomic E-state index is 11.5. The summed E-state index contributed by atoms with van der Waals surface area (Å²) < 4.78 is 0. The summed E-state index contributed by atoms with van der Waals surface area (Å²) in [4.78, 5) is 33.9. The summed E-state index contributed by atoms with van der Waals surface area (Å²) in [6.45, 7) is 0.691. The Morgan fingerprint density at radius 2 is 2.19 bits per heavy atom. The summed E-state index contributed by atoms with van der Waals surface area (Å²) in [5.41, 5.74) is 0.745. The van der Waals surface area contributed by atoms with E-state index in [1.807, 2.05) is 0 Å². The number of carboxylic acids is 1. The lowest BCUT2D eigenvalue weighted by Gasteiger charge is -2.06. The topological polar surface area (TPSA) is 117 Å². The van der Waals surface area contributed by atoms with Crippen molar-refractivity contribution in [2.75, 3.05) is 6.54 Å². The van der Waals surface area contributed by atoms with E-state index in [1.165, 1.54) is 23.0 Å². The minimum Gasteiger partial charge on any atom is -0.476 e. The van der Waals surface area contributed by atoms with E-state index in [0.29, 0.717) is 30.2 Å². The molecule has 0 aliphatic rings. The normalized spacial score (nSPS) is 10.1. The number of thiazole rings is 1. The number of nitrogens with zero attached hydrogens (tertiary/aromatic N) is 3. The molecule has 0 spiro atoms. The molecule has 0 aliphatic carbocycles. The van der Waals surface area contributed by atoms with Crippen molar-refractivity contribution in [3.05, 3.63) is 40.4 Å². The molecule has 0 bridgehead atoms. The maximum Gasteiger partial charge on any atom is 0.355 e. The number of hydrogen-bond acceptors (Lipinski definition) is 6. The fraction of sp³-hybridized carbons (Fsp3) is 0.250. The molecule has 0 aromatic carbocycles. The molecule has 2 aromatic heterocycles. The summed E-state index contributed by atoms with van der Waals surface area (Å²) in [5, 5.41) is 16.2. The number of aromatic nitrogens is 3. The van der Waals surface area contributed by atoms with Crippen LogP contribution in [0.5, 0.6) is 0 Å². The largest absolute Gasteiger partial charge is 0.476 e. The molecule has 0 saturated heterocycles. The Labute approximate surface area is 124 Å². The van der Waals surface area contributed by atoms with E-state index in [1.54, 1.807) is 12.3 Å².